The minimum Gasteiger partial charge on any atom is -0.310 e. The van der Waals surface area contributed by atoms with Crippen molar-refractivity contribution in [3.63, 3.8) is 0 Å². The summed E-state index contributed by atoms with van der Waals surface area (Å²) in [7, 11) is 0. The molecule has 0 fully saturated rings. The number of rotatable bonds is 12. The van der Waals surface area contributed by atoms with Crippen molar-refractivity contribution in [2.45, 2.75) is 20.8 Å². The molecule has 0 unspecified atom stereocenters. The lowest BCUT2D eigenvalue weighted by Gasteiger charge is -2.26. The number of hydrogen-bond donors (Lipinski definition) is 0. The topological polar surface area (TPSA) is 37.2 Å². The van der Waals surface area contributed by atoms with Crippen LogP contribution in [0.5, 0.6) is 0 Å². The van der Waals surface area contributed by atoms with E-state index in [1.54, 1.807) is 0 Å². The highest BCUT2D eigenvalue weighted by atomic mass is 15.1. The van der Waals surface area contributed by atoms with Gasteiger partial charge in [-0.3, -0.25) is 0 Å². The monoisotopic (exact) mass is 1000 g/mol. The molecule has 0 amide bonds. The van der Waals surface area contributed by atoms with Gasteiger partial charge >= 0.3 is 0 Å². The Bertz CT molecular complexity index is 4030. The van der Waals surface area contributed by atoms with E-state index in [1.165, 1.54) is 38.6 Å². The maximum Gasteiger partial charge on any atom is 0.160 e. The van der Waals surface area contributed by atoms with Gasteiger partial charge in [-0.25, -0.2) is 9.97 Å². The van der Waals surface area contributed by atoms with Crippen molar-refractivity contribution in [3.8, 4) is 61.8 Å². The SMILES string of the molecule is Cc1ccc(N(c2ccccc2)c2ccc3c(c2)c2cc(N(c4ccccc4)c4ccc(C)cc4)ccc2n3-c2ccc(-c3ccc(-c4ccc(-c5cc(-c6ccccc6)nc(-c6ccccc6)n5)cc4)cc3)c(C)c2)cc1. The van der Waals surface area contributed by atoms with Crippen LogP contribution in [0.3, 0.4) is 0 Å². The van der Waals surface area contributed by atoms with Gasteiger partial charge in [-0.1, -0.05) is 187 Å². The van der Waals surface area contributed by atoms with Crippen LogP contribution in [-0.2, 0) is 0 Å². The summed E-state index contributed by atoms with van der Waals surface area (Å²) in [5.41, 5.74) is 23.2. The molecule has 0 aliphatic heterocycles. The van der Waals surface area contributed by atoms with E-state index in [-0.39, 0.29) is 0 Å². The standard InChI is InChI=1S/C73H55N5/c1-50-24-36-61(37-25-50)76(59-20-12-6-13-21-59)64-41-44-71-67(47-64)68-48-65(77(60-22-14-7-15-23-60)62-38-26-51(2)27-39-62)42-45-72(68)78(71)63-40-43-66(52(3)46-63)55-32-28-53(29-33-55)54-30-34-57(35-31-54)70-49-69(56-16-8-4-9-17-56)74-73(75-70)58-18-10-5-11-19-58/h4-49H,1-3H3. The van der Waals surface area contributed by atoms with Gasteiger partial charge in [-0.15, -0.1) is 0 Å². The first-order valence-corrected chi connectivity index (χ1v) is 26.6. The summed E-state index contributed by atoms with van der Waals surface area (Å²) in [5, 5.41) is 2.34. The molecule has 0 saturated heterocycles. The minimum atomic E-state index is 0.711. The molecule has 0 saturated carbocycles. The summed E-state index contributed by atoms with van der Waals surface area (Å²) in [6.45, 7) is 6.51. The van der Waals surface area contributed by atoms with Crippen LogP contribution in [-0.4, -0.2) is 14.5 Å². The molecule has 0 spiro atoms. The van der Waals surface area contributed by atoms with E-state index < -0.39 is 0 Å². The van der Waals surface area contributed by atoms with Gasteiger partial charge in [0.2, 0.25) is 0 Å². The van der Waals surface area contributed by atoms with E-state index >= 15 is 0 Å². The van der Waals surface area contributed by atoms with Crippen LogP contribution in [0.4, 0.5) is 34.1 Å². The molecular weight excluding hydrogens is 947 g/mol. The van der Waals surface area contributed by atoms with Crippen LogP contribution in [0.2, 0.25) is 0 Å². The second kappa shape index (κ2) is 20.6. The summed E-state index contributed by atoms with van der Waals surface area (Å²) < 4.78 is 2.44. The Labute approximate surface area is 456 Å². The largest absolute Gasteiger partial charge is 0.310 e. The van der Waals surface area contributed by atoms with Gasteiger partial charge < -0.3 is 14.4 Å². The first-order chi connectivity index (χ1) is 38.4. The van der Waals surface area contributed by atoms with Gasteiger partial charge in [-0.2, -0.15) is 0 Å². The molecule has 0 aliphatic carbocycles. The smallest absolute Gasteiger partial charge is 0.160 e. The zero-order valence-corrected chi connectivity index (χ0v) is 43.8. The third-order valence-corrected chi connectivity index (χ3v) is 14.9. The van der Waals surface area contributed by atoms with Crippen LogP contribution in [0.25, 0.3) is 83.6 Å². The van der Waals surface area contributed by atoms with Crippen molar-refractivity contribution in [2.24, 2.45) is 0 Å². The Morgan fingerprint density at radius 2 is 0.679 bits per heavy atom. The van der Waals surface area contributed by atoms with Crippen molar-refractivity contribution in [3.05, 3.63) is 296 Å². The lowest BCUT2D eigenvalue weighted by atomic mass is 9.96. The lowest BCUT2D eigenvalue weighted by molar-refractivity contribution is 1.17. The Morgan fingerprint density at radius 1 is 0.295 bits per heavy atom. The van der Waals surface area contributed by atoms with Crippen molar-refractivity contribution in [1.82, 2.24) is 14.5 Å². The number of anilines is 6. The molecule has 0 aliphatic rings. The maximum absolute atomic E-state index is 5.06. The molecule has 0 atom stereocenters. The summed E-state index contributed by atoms with van der Waals surface area (Å²) in [6, 6.07) is 100. The molecule has 0 bridgehead atoms. The fraction of sp³-hybridized carbons (Fsp3) is 0.0411. The molecule has 5 heteroatoms. The molecule has 78 heavy (non-hydrogen) atoms. The Hall–Kier alpha value is -10.1. The molecule has 2 aromatic heterocycles. The van der Waals surface area contributed by atoms with E-state index in [1.807, 2.05) is 36.4 Å². The van der Waals surface area contributed by atoms with E-state index in [0.29, 0.717) is 5.82 Å². The number of nitrogens with zero attached hydrogens (tertiary/aromatic N) is 5. The highest BCUT2D eigenvalue weighted by Gasteiger charge is 2.21. The Balaban J connectivity index is 0.864. The summed E-state index contributed by atoms with van der Waals surface area (Å²) in [4.78, 5) is 14.8. The zero-order chi connectivity index (χ0) is 52.5. The van der Waals surface area contributed by atoms with Gasteiger partial charge in [0.05, 0.1) is 22.4 Å². The first-order valence-electron chi connectivity index (χ1n) is 26.6. The number of benzene rings is 11. The van der Waals surface area contributed by atoms with E-state index in [4.69, 9.17) is 9.97 Å². The van der Waals surface area contributed by atoms with Crippen molar-refractivity contribution < 1.29 is 0 Å². The second-order valence-electron chi connectivity index (χ2n) is 20.1. The maximum atomic E-state index is 5.06. The average molecular weight is 1000 g/mol. The number of aryl methyl sites for hydroxylation is 3. The predicted molar refractivity (Wildman–Crippen MR) is 327 cm³/mol. The van der Waals surface area contributed by atoms with Gasteiger partial charge in [0.1, 0.15) is 0 Å². The average Bonchev–Trinajstić information content (AvgIpc) is 4.05. The van der Waals surface area contributed by atoms with Crippen LogP contribution in [0, 0.1) is 20.8 Å². The molecule has 0 radical (unpaired) electrons. The van der Waals surface area contributed by atoms with Crippen LogP contribution >= 0.6 is 0 Å². The minimum absolute atomic E-state index is 0.711. The Kier molecular flexibility index (Phi) is 12.5. The molecular formula is C73H55N5. The van der Waals surface area contributed by atoms with Crippen molar-refractivity contribution >= 4 is 55.9 Å². The highest BCUT2D eigenvalue weighted by Crippen LogP contribution is 2.44. The molecule has 0 N–H and O–H groups in total. The number of fused-ring (bicyclic) bond motifs is 3. The quantitative estimate of drug-likeness (QED) is 0.122. The van der Waals surface area contributed by atoms with Crippen LogP contribution in [0.1, 0.15) is 16.7 Å². The molecule has 372 valence electrons. The van der Waals surface area contributed by atoms with Gasteiger partial charge in [0, 0.05) is 67.3 Å². The second-order valence-corrected chi connectivity index (χ2v) is 20.1. The van der Waals surface area contributed by atoms with E-state index in [0.717, 1.165) is 90.1 Å². The van der Waals surface area contributed by atoms with Crippen molar-refractivity contribution in [1.29, 1.82) is 0 Å². The molecule has 11 aromatic carbocycles. The van der Waals surface area contributed by atoms with Gasteiger partial charge in [0.15, 0.2) is 5.82 Å². The normalized spacial score (nSPS) is 11.3. The van der Waals surface area contributed by atoms with E-state index in [9.17, 15) is 0 Å². The van der Waals surface area contributed by atoms with Crippen LogP contribution < -0.4 is 9.80 Å². The fourth-order valence-electron chi connectivity index (χ4n) is 10.8. The molecule has 2 heterocycles. The predicted octanol–water partition coefficient (Wildman–Crippen LogP) is 19.8. The zero-order valence-electron chi connectivity index (χ0n) is 43.8. The first kappa shape index (κ1) is 47.6. The number of hydrogen-bond acceptors (Lipinski definition) is 4. The van der Waals surface area contributed by atoms with Gasteiger partial charge in [-0.05, 0) is 152 Å². The fourth-order valence-corrected chi connectivity index (χ4v) is 10.8. The number of aromatic nitrogens is 3. The molecule has 13 rings (SSSR count). The van der Waals surface area contributed by atoms with Gasteiger partial charge in [0.25, 0.3) is 0 Å². The lowest BCUT2D eigenvalue weighted by Crippen LogP contribution is -2.10. The Morgan fingerprint density at radius 3 is 1.14 bits per heavy atom. The molecule has 13 aromatic rings. The summed E-state index contributed by atoms with van der Waals surface area (Å²) in [5.74, 6) is 0.711. The third kappa shape index (κ3) is 9.29. The summed E-state index contributed by atoms with van der Waals surface area (Å²) in [6.07, 6.45) is 0. The third-order valence-electron chi connectivity index (χ3n) is 14.9. The van der Waals surface area contributed by atoms with Crippen LogP contribution in [0.15, 0.2) is 279 Å². The highest BCUT2D eigenvalue weighted by molar-refractivity contribution is 6.12. The summed E-state index contributed by atoms with van der Waals surface area (Å²) >= 11 is 0. The van der Waals surface area contributed by atoms with E-state index in [2.05, 4.69) is 278 Å². The molecule has 5 nitrogen and oxygen atoms in total. The number of para-hydroxylation sites is 2. The van der Waals surface area contributed by atoms with Crippen molar-refractivity contribution in [2.75, 3.05) is 9.80 Å².